The number of benzene rings is 2. The van der Waals surface area contributed by atoms with Gasteiger partial charge in [-0.25, -0.2) is 0 Å². The van der Waals surface area contributed by atoms with Crippen molar-refractivity contribution in [3.8, 4) is 0 Å². The molecule has 122 valence electrons. The zero-order chi connectivity index (χ0) is 16.8. The van der Waals surface area contributed by atoms with E-state index in [-0.39, 0.29) is 5.91 Å². The monoisotopic (exact) mass is 336 g/mol. The van der Waals surface area contributed by atoms with Gasteiger partial charge in [0.1, 0.15) is 0 Å². The second-order valence-electron chi connectivity index (χ2n) is 5.51. The van der Waals surface area contributed by atoms with Crippen molar-refractivity contribution in [2.75, 3.05) is 12.3 Å². The SMILES string of the molecule is Cc1[nH]c2ccccc2c1SCCNC(=O)/C=C/c1ccccc1. The highest BCUT2D eigenvalue weighted by atomic mass is 32.2. The summed E-state index contributed by atoms with van der Waals surface area (Å²) >= 11 is 1.77. The highest BCUT2D eigenvalue weighted by Crippen LogP contribution is 2.30. The van der Waals surface area contributed by atoms with Crippen molar-refractivity contribution in [1.82, 2.24) is 10.3 Å². The van der Waals surface area contributed by atoms with E-state index in [9.17, 15) is 4.79 Å². The number of rotatable bonds is 6. The van der Waals surface area contributed by atoms with Gasteiger partial charge in [-0.1, -0.05) is 48.5 Å². The third-order valence-corrected chi connectivity index (χ3v) is 4.93. The van der Waals surface area contributed by atoms with E-state index < -0.39 is 0 Å². The fourth-order valence-electron chi connectivity index (χ4n) is 2.56. The molecule has 2 N–H and O–H groups in total. The Kier molecular flexibility index (Phi) is 5.39. The quantitative estimate of drug-likeness (QED) is 0.398. The molecule has 0 unspecified atom stereocenters. The van der Waals surface area contributed by atoms with Crippen LogP contribution < -0.4 is 5.32 Å². The number of aryl methyl sites for hydroxylation is 1. The number of nitrogens with one attached hydrogen (secondary N) is 2. The van der Waals surface area contributed by atoms with E-state index in [1.54, 1.807) is 17.8 Å². The molecule has 1 heterocycles. The van der Waals surface area contributed by atoms with Crippen LogP contribution in [0.4, 0.5) is 0 Å². The van der Waals surface area contributed by atoms with E-state index >= 15 is 0 Å². The summed E-state index contributed by atoms with van der Waals surface area (Å²) in [6.07, 6.45) is 3.41. The Morgan fingerprint density at radius 3 is 2.71 bits per heavy atom. The smallest absolute Gasteiger partial charge is 0.244 e. The summed E-state index contributed by atoms with van der Waals surface area (Å²) in [5, 5.41) is 4.17. The van der Waals surface area contributed by atoms with Crippen molar-refractivity contribution >= 4 is 34.6 Å². The van der Waals surface area contributed by atoms with E-state index in [0.717, 1.165) is 16.8 Å². The van der Waals surface area contributed by atoms with Gasteiger partial charge >= 0.3 is 0 Å². The third-order valence-electron chi connectivity index (χ3n) is 3.71. The first kappa shape index (κ1) is 16.4. The molecular formula is C20H20N2OS. The van der Waals surface area contributed by atoms with Crippen LogP contribution >= 0.6 is 11.8 Å². The molecule has 1 aromatic heterocycles. The Hall–Kier alpha value is -2.46. The van der Waals surface area contributed by atoms with Crippen LogP contribution in [0.1, 0.15) is 11.3 Å². The molecule has 0 bridgehead atoms. The molecule has 0 saturated heterocycles. The Morgan fingerprint density at radius 2 is 1.88 bits per heavy atom. The molecule has 3 aromatic rings. The van der Waals surface area contributed by atoms with E-state index in [1.807, 2.05) is 42.5 Å². The lowest BCUT2D eigenvalue weighted by molar-refractivity contribution is -0.116. The molecule has 0 aliphatic rings. The number of thioether (sulfide) groups is 1. The Balaban J connectivity index is 1.49. The van der Waals surface area contributed by atoms with Crippen molar-refractivity contribution in [2.45, 2.75) is 11.8 Å². The maximum atomic E-state index is 11.8. The predicted octanol–water partition coefficient (Wildman–Crippen LogP) is 4.40. The van der Waals surface area contributed by atoms with Gasteiger partial charge in [0.25, 0.3) is 0 Å². The third kappa shape index (κ3) is 4.09. The van der Waals surface area contributed by atoms with Crippen LogP contribution in [-0.2, 0) is 4.79 Å². The molecule has 24 heavy (non-hydrogen) atoms. The van der Waals surface area contributed by atoms with E-state index in [1.165, 1.54) is 16.0 Å². The van der Waals surface area contributed by atoms with Crippen LogP contribution in [-0.4, -0.2) is 23.2 Å². The number of carbonyl (C=O) groups is 1. The molecule has 0 radical (unpaired) electrons. The molecule has 4 heteroatoms. The lowest BCUT2D eigenvalue weighted by Crippen LogP contribution is -2.23. The number of H-pyrrole nitrogens is 1. The van der Waals surface area contributed by atoms with Gasteiger partial charge < -0.3 is 10.3 Å². The Bertz CT molecular complexity index is 852. The topological polar surface area (TPSA) is 44.9 Å². The average Bonchev–Trinajstić information content (AvgIpc) is 2.93. The zero-order valence-corrected chi connectivity index (χ0v) is 14.4. The van der Waals surface area contributed by atoms with Crippen LogP contribution in [0.5, 0.6) is 0 Å². The van der Waals surface area contributed by atoms with E-state index in [2.05, 4.69) is 35.4 Å². The van der Waals surface area contributed by atoms with Gasteiger partial charge in [-0.3, -0.25) is 4.79 Å². The maximum Gasteiger partial charge on any atom is 0.244 e. The van der Waals surface area contributed by atoms with Crippen molar-refractivity contribution in [3.63, 3.8) is 0 Å². The van der Waals surface area contributed by atoms with Crippen molar-refractivity contribution in [3.05, 3.63) is 71.9 Å². The van der Waals surface area contributed by atoms with Gasteiger partial charge in [0.2, 0.25) is 5.91 Å². The number of amides is 1. The molecule has 3 nitrogen and oxygen atoms in total. The number of aromatic amines is 1. The van der Waals surface area contributed by atoms with Gasteiger partial charge in [0, 0.05) is 39.9 Å². The van der Waals surface area contributed by atoms with Gasteiger partial charge in [0.15, 0.2) is 0 Å². The lowest BCUT2D eigenvalue weighted by atomic mass is 10.2. The highest BCUT2D eigenvalue weighted by molar-refractivity contribution is 7.99. The number of carbonyl (C=O) groups excluding carboxylic acids is 1. The lowest BCUT2D eigenvalue weighted by Gasteiger charge is -2.03. The first-order chi connectivity index (χ1) is 11.7. The fraction of sp³-hybridized carbons (Fsp3) is 0.150. The number of aromatic nitrogens is 1. The van der Waals surface area contributed by atoms with Gasteiger partial charge in [-0.15, -0.1) is 11.8 Å². The summed E-state index contributed by atoms with van der Waals surface area (Å²) in [4.78, 5) is 16.5. The molecule has 2 aromatic carbocycles. The number of fused-ring (bicyclic) bond motifs is 1. The molecular weight excluding hydrogens is 316 g/mol. The standard InChI is InChI=1S/C20H20N2OS/c1-15-20(17-9-5-6-10-18(17)22-15)24-14-13-21-19(23)12-11-16-7-3-2-4-8-16/h2-12,22H,13-14H2,1H3,(H,21,23)/b12-11+. The number of hydrogen-bond donors (Lipinski definition) is 2. The molecule has 1 amide bonds. The first-order valence-electron chi connectivity index (χ1n) is 7.95. The molecule has 0 atom stereocenters. The number of hydrogen-bond acceptors (Lipinski definition) is 2. The average molecular weight is 336 g/mol. The first-order valence-corrected chi connectivity index (χ1v) is 8.93. The summed E-state index contributed by atoms with van der Waals surface area (Å²) in [7, 11) is 0. The minimum Gasteiger partial charge on any atom is -0.358 e. The minimum absolute atomic E-state index is 0.0601. The van der Waals surface area contributed by atoms with Crippen LogP contribution in [0.15, 0.2) is 65.6 Å². The van der Waals surface area contributed by atoms with Crippen molar-refractivity contribution in [2.24, 2.45) is 0 Å². The van der Waals surface area contributed by atoms with Crippen molar-refractivity contribution < 1.29 is 4.79 Å². The Morgan fingerprint density at radius 1 is 1.12 bits per heavy atom. The molecule has 0 spiro atoms. The molecule has 0 saturated carbocycles. The van der Waals surface area contributed by atoms with Crippen LogP contribution in [0.2, 0.25) is 0 Å². The Labute approximate surface area is 146 Å². The van der Waals surface area contributed by atoms with Crippen LogP contribution in [0.3, 0.4) is 0 Å². The second kappa shape index (κ2) is 7.88. The summed E-state index contributed by atoms with van der Waals surface area (Å²) in [5.41, 5.74) is 3.36. The zero-order valence-electron chi connectivity index (χ0n) is 13.6. The largest absolute Gasteiger partial charge is 0.358 e. The highest BCUT2D eigenvalue weighted by Gasteiger charge is 2.08. The second-order valence-corrected chi connectivity index (χ2v) is 6.61. The van der Waals surface area contributed by atoms with E-state index in [0.29, 0.717) is 6.54 Å². The van der Waals surface area contributed by atoms with Crippen LogP contribution in [0.25, 0.3) is 17.0 Å². The fourth-order valence-corrected chi connectivity index (χ4v) is 3.57. The van der Waals surface area contributed by atoms with Gasteiger partial charge in [-0.05, 0) is 24.6 Å². The van der Waals surface area contributed by atoms with Gasteiger partial charge in [0.05, 0.1) is 0 Å². The normalized spacial score (nSPS) is 11.2. The maximum absolute atomic E-state index is 11.8. The number of para-hydroxylation sites is 1. The van der Waals surface area contributed by atoms with Gasteiger partial charge in [-0.2, -0.15) is 0 Å². The van der Waals surface area contributed by atoms with Crippen molar-refractivity contribution in [1.29, 1.82) is 0 Å². The molecule has 0 aliphatic heterocycles. The summed E-state index contributed by atoms with van der Waals surface area (Å²) in [6, 6.07) is 18.1. The molecule has 0 aliphatic carbocycles. The minimum atomic E-state index is -0.0601. The predicted molar refractivity (Wildman–Crippen MR) is 102 cm³/mol. The van der Waals surface area contributed by atoms with Crippen LogP contribution in [0, 0.1) is 6.92 Å². The van der Waals surface area contributed by atoms with E-state index in [4.69, 9.17) is 0 Å². The molecule has 0 fully saturated rings. The summed E-state index contributed by atoms with van der Waals surface area (Å²) in [5.74, 6) is 0.781. The summed E-state index contributed by atoms with van der Waals surface area (Å²) < 4.78 is 0. The summed E-state index contributed by atoms with van der Waals surface area (Å²) in [6.45, 7) is 2.73. The molecule has 3 rings (SSSR count).